The highest BCUT2D eigenvalue weighted by molar-refractivity contribution is 8.03. The largest absolute Gasteiger partial charge is 0.310 e. The SMILES string of the molecule is C1=CCC2C(=C1)Sc1cc3cccc(N(c4ccc(-c5ccc6ccc7c8ccccc8ccc7c6c5)cc4)c4cccc(-c5ccccc5)c4)c3cc12. The Hall–Kier alpha value is -6.35. The molecule has 0 fully saturated rings. The second-order valence-electron chi connectivity index (χ2n) is 14.5. The van der Waals surface area contributed by atoms with Crippen molar-refractivity contribution in [2.24, 2.45) is 0 Å². The number of fused-ring (bicyclic) bond motifs is 9. The van der Waals surface area contributed by atoms with Crippen LogP contribution in [-0.4, -0.2) is 0 Å². The number of nitrogens with zero attached hydrogens (tertiary/aromatic N) is 1. The molecule has 1 atom stereocenters. The molecule has 0 saturated carbocycles. The van der Waals surface area contributed by atoms with Crippen LogP contribution in [0.15, 0.2) is 204 Å². The molecule has 9 aromatic carbocycles. The van der Waals surface area contributed by atoms with Crippen LogP contribution in [0.5, 0.6) is 0 Å². The van der Waals surface area contributed by atoms with E-state index < -0.39 is 0 Å². The van der Waals surface area contributed by atoms with Crippen molar-refractivity contribution >= 4 is 71.9 Å². The van der Waals surface area contributed by atoms with E-state index in [4.69, 9.17) is 0 Å². The third kappa shape index (κ3) is 5.17. The van der Waals surface area contributed by atoms with Gasteiger partial charge in [0.25, 0.3) is 0 Å². The second-order valence-corrected chi connectivity index (χ2v) is 15.6. The molecule has 54 heavy (non-hydrogen) atoms. The summed E-state index contributed by atoms with van der Waals surface area (Å²) in [5.41, 5.74) is 9.73. The van der Waals surface area contributed by atoms with Gasteiger partial charge in [-0.3, -0.25) is 0 Å². The number of benzene rings is 9. The highest BCUT2D eigenvalue weighted by atomic mass is 32.2. The standard InChI is InChI=1S/C52H35NS/c1-2-10-34(11-3-1)38-13-8-15-42(30-38)53(50-18-9-14-40-32-52-49(33-48(40)50)46-17-6-7-19-51(46)54-52)41-26-22-35(23-27-41)39-21-20-37-25-28-44-43-16-5-4-12-36(43)24-29-45(44)47(37)31-39/h1-16,18-33,46H,17H2. The first-order valence-corrected chi connectivity index (χ1v) is 19.6. The van der Waals surface area contributed by atoms with Crippen LogP contribution in [0.2, 0.25) is 0 Å². The lowest BCUT2D eigenvalue weighted by Gasteiger charge is -2.28. The fourth-order valence-corrected chi connectivity index (χ4v) is 9.94. The summed E-state index contributed by atoms with van der Waals surface area (Å²) in [5, 5.41) is 10.3. The van der Waals surface area contributed by atoms with Gasteiger partial charge in [0.15, 0.2) is 0 Å². The lowest BCUT2D eigenvalue weighted by Crippen LogP contribution is -2.11. The highest BCUT2D eigenvalue weighted by Gasteiger charge is 2.29. The summed E-state index contributed by atoms with van der Waals surface area (Å²) in [6.07, 6.45) is 7.88. The lowest BCUT2D eigenvalue weighted by molar-refractivity contribution is 0.839. The molecule has 2 heteroatoms. The van der Waals surface area contributed by atoms with E-state index >= 15 is 0 Å². The molecule has 254 valence electrons. The van der Waals surface area contributed by atoms with E-state index in [-0.39, 0.29) is 0 Å². The maximum Gasteiger partial charge on any atom is 0.0540 e. The molecule has 1 aliphatic heterocycles. The maximum absolute atomic E-state index is 2.47. The molecule has 11 rings (SSSR count). The van der Waals surface area contributed by atoms with E-state index in [1.807, 2.05) is 11.8 Å². The first-order valence-electron chi connectivity index (χ1n) is 18.8. The Labute approximate surface area is 319 Å². The smallest absolute Gasteiger partial charge is 0.0540 e. The van der Waals surface area contributed by atoms with Gasteiger partial charge in [0, 0.05) is 27.6 Å². The van der Waals surface area contributed by atoms with Gasteiger partial charge in [0.1, 0.15) is 0 Å². The summed E-state index contributed by atoms with van der Waals surface area (Å²) in [6.45, 7) is 0. The topological polar surface area (TPSA) is 3.24 Å². The van der Waals surface area contributed by atoms with Gasteiger partial charge in [-0.15, -0.1) is 0 Å². The van der Waals surface area contributed by atoms with Crippen LogP contribution in [-0.2, 0) is 0 Å². The number of hydrogen-bond donors (Lipinski definition) is 0. The number of hydrogen-bond acceptors (Lipinski definition) is 2. The minimum atomic E-state index is 0.444. The van der Waals surface area contributed by atoms with Gasteiger partial charge < -0.3 is 4.90 Å². The van der Waals surface area contributed by atoms with Crippen molar-refractivity contribution in [1.82, 2.24) is 0 Å². The van der Waals surface area contributed by atoms with Gasteiger partial charge in [0.05, 0.1) is 5.69 Å². The Morgan fingerprint density at radius 1 is 0.444 bits per heavy atom. The van der Waals surface area contributed by atoms with Crippen LogP contribution in [0.3, 0.4) is 0 Å². The zero-order valence-corrected chi connectivity index (χ0v) is 30.4. The number of thioether (sulfide) groups is 1. The number of allylic oxidation sites excluding steroid dienone is 4. The molecule has 1 aliphatic carbocycles. The van der Waals surface area contributed by atoms with Gasteiger partial charge in [-0.25, -0.2) is 0 Å². The van der Waals surface area contributed by atoms with Crippen molar-refractivity contribution in [2.75, 3.05) is 4.90 Å². The number of anilines is 3. The quantitative estimate of drug-likeness (QED) is 0.164. The molecule has 1 nitrogen and oxygen atoms in total. The molecule has 1 heterocycles. The first kappa shape index (κ1) is 31.2. The summed E-state index contributed by atoms with van der Waals surface area (Å²) in [5.74, 6) is 0.444. The van der Waals surface area contributed by atoms with Crippen molar-refractivity contribution in [3.8, 4) is 22.3 Å². The molecule has 0 saturated heterocycles. The predicted molar refractivity (Wildman–Crippen MR) is 232 cm³/mol. The molecule has 0 spiro atoms. The fourth-order valence-electron chi connectivity index (χ4n) is 8.67. The van der Waals surface area contributed by atoms with Crippen LogP contribution < -0.4 is 4.90 Å². The zero-order valence-electron chi connectivity index (χ0n) is 29.6. The summed E-state index contributed by atoms with van der Waals surface area (Å²) in [6, 6.07) is 65.1. The average molecular weight is 706 g/mol. The summed E-state index contributed by atoms with van der Waals surface area (Å²) < 4.78 is 0. The maximum atomic E-state index is 2.47. The second kappa shape index (κ2) is 12.7. The van der Waals surface area contributed by atoms with Gasteiger partial charge in [-0.05, 0) is 125 Å². The third-order valence-corrected chi connectivity index (χ3v) is 12.6. The summed E-state index contributed by atoms with van der Waals surface area (Å²) in [7, 11) is 0. The minimum absolute atomic E-state index is 0.444. The van der Waals surface area contributed by atoms with E-state index in [9.17, 15) is 0 Å². The molecule has 0 amide bonds. The Morgan fingerprint density at radius 2 is 1.13 bits per heavy atom. The molecule has 1 unspecified atom stereocenters. The Morgan fingerprint density at radius 3 is 2.02 bits per heavy atom. The normalized spacial score (nSPS) is 14.7. The average Bonchev–Trinajstić information content (AvgIpc) is 3.61. The van der Waals surface area contributed by atoms with Crippen LogP contribution in [0.1, 0.15) is 17.9 Å². The Balaban J connectivity index is 1.05. The molecule has 0 bridgehead atoms. The number of rotatable bonds is 5. The molecular weight excluding hydrogens is 671 g/mol. The highest BCUT2D eigenvalue weighted by Crippen LogP contribution is 2.53. The molecule has 0 N–H and O–H groups in total. The van der Waals surface area contributed by atoms with E-state index in [1.165, 1.54) is 86.4 Å². The third-order valence-electron chi connectivity index (χ3n) is 11.4. The van der Waals surface area contributed by atoms with E-state index in [2.05, 4.69) is 199 Å². The van der Waals surface area contributed by atoms with Gasteiger partial charge in [-0.2, -0.15) is 0 Å². The summed E-state index contributed by atoms with van der Waals surface area (Å²) >= 11 is 1.94. The molecule has 9 aromatic rings. The van der Waals surface area contributed by atoms with Gasteiger partial charge in [-0.1, -0.05) is 157 Å². The van der Waals surface area contributed by atoms with Crippen LogP contribution in [0.25, 0.3) is 65.3 Å². The Kier molecular flexibility index (Phi) is 7.31. The van der Waals surface area contributed by atoms with Crippen molar-refractivity contribution < 1.29 is 0 Å². The van der Waals surface area contributed by atoms with Crippen LogP contribution >= 0.6 is 11.8 Å². The van der Waals surface area contributed by atoms with Crippen molar-refractivity contribution in [3.05, 3.63) is 205 Å². The zero-order chi connectivity index (χ0) is 35.6. The molecule has 2 aliphatic rings. The van der Waals surface area contributed by atoms with E-state index in [0.29, 0.717) is 5.92 Å². The van der Waals surface area contributed by atoms with E-state index in [0.717, 1.165) is 17.8 Å². The van der Waals surface area contributed by atoms with Crippen molar-refractivity contribution in [1.29, 1.82) is 0 Å². The molecule has 0 aromatic heterocycles. The van der Waals surface area contributed by atoms with Crippen LogP contribution in [0.4, 0.5) is 17.1 Å². The minimum Gasteiger partial charge on any atom is -0.310 e. The van der Waals surface area contributed by atoms with Gasteiger partial charge >= 0.3 is 0 Å². The van der Waals surface area contributed by atoms with E-state index in [1.54, 1.807) is 0 Å². The monoisotopic (exact) mass is 705 g/mol. The fraction of sp³-hybridized carbons (Fsp3) is 0.0385. The van der Waals surface area contributed by atoms with Crippen molar-refractivity contribution in [3.63, 3.8) is 0 Å². The van der Waals surface area contributed by atoms with Gasteiger partial charge in [0.2, 0.25) is 0 Å². The van der Waals surface area contributed by atoms with Crippen molar-refractivity contribution in [2.45, 2.75) is 17.2 Å². The predicted octanol–water partition coefficient (Wildman–Crippen LogP) is 15.1. The molecular formula is C52H35NS. The lowest BCUT2D eigenvalue weighted by atomic mass is 9.90. The summed E-state index contributed by atoms with van der Waals surface area (Å²) in [4.78, 5) is 5.30. The Bertz CT molecular complexity index is 2990. The first-order chi connectivity index (χ1) is 26.7. The molecule has 0 radical (unpaired) electrons. The van der Waals surface area contributed by atoms with Crippen LogP contribution in [0, 0.1) is 0 Å².